The van der Waals surface area contributed by atoms with E-state index < -0.39 is 0 Å². The van der Waals surface area contributed by atoms with E-state index in [1.165, 1.54) is 6.26 Å². The molecule has 0 saturated carbocycles. The second kappa shape index (κ2) is 6.74. The molecule has 0 aliphatic heterocycles. The highest BCUT2D eigenvalue weighted by molar-refractivity contribution is 5.69. The average Bonchev–Trinajstić information content (AvgIpc) is 2.56. The van der Waals surface area contributed by atoms with Crippen LogP contribution < -0.4 is 0 Å². The quantitative estimate of drug-likeness (QED) is 0.609. The third kappa shape index (κ3) is 5.08. The van der Waals surface area contributed by atoms with E-state index in [1.54, 1.807) is 12.1 Å². The Bertz CT molecular complexity index is 189. The Morgan fingerprint density at radius 2 is 2.18 bits per heavy atom. The lowest BCUT2D eigenvalue weighted by Crippen LogP contribution is -1.65. The van der Waals surface area contributed by atoms with Crippen LogP contribution in [0.4, 0.5) is 0 Å². The standard InChI is InChI=1S/C5H4O2.C3H6O/c6-4-5-2-1-3-7-5;1-2-3-4/h1-4H;3H,2H2,1H3. The molecule has 0 bridgehead atoms. The molecule has 0 N–H and O–H groups in total. The van der Waals surface area contributed by atoms with E-state index in [9.17, 15) is 9.59 Å². The van der Waals surface area contributed by atoms with Crippen LogP contribution in [0.15, 0.2) is 22.8 Å². The van der Waals surface area contributed by atoms with Gasteiger partial charge in [0.05, 0.1) is 6.26 Å². The van der Waals surface area contributed by atoms with Crippen molar-refractivity contribution in [2.24, 2.45) is 0 Å². The van der Waals surface area contributed by atoms with Crippen molar-refractivity contribution < 1.29 is 14.0 Å². The van der Waals surface area contributed by atoms with Gasteiger partial charge >= 0.3 is 0 Å². The summed E-state index contributed by atoms with van der Waals surface area (Å²) in [7, 11) is 0. The first kappa shape index (κ1) is 9.62. The van der Waals surface area contributed by atoms with E-state index in [4.69, 9.17) is 0 Å². The summed E-state index contributed by atoms with van der Waals surface area (Å²) in [5.74, 6) is 0.375. The number of rotatable bonds is 2. The summed E-state index contributed by atoms with van der Waals surface area (Å²) in [6.45, 7) is 1.81. The first-order chi connectivity index (χ1) is 5.35. The van der Waals surface area contributed by atoms with Gasteiger partial charge in [-0.15, -0.1) is 0 Å². The van der Waals surface area contributed by atoms with Crippen molar-refractivity contribution in [2.45, 2.75) is 13.3 Å². The minimum atomic E-state index is 0.375. The maximum absolute atomic E-state index is 9.77. The van der Waals surface area contributed by atoms with Crippen molar-refractivity contribution in [1.82, 2.24) is 0 Å². The predicted molar refractivity (Wildman–Crippen MR) is 40.5 cm³/mol. The summed E-state index contributed by atoms with van der Waals surface area (Å²) in [6, 6.07) is 3.27. The average molecular weight is 154 g/mol. The second-order valence-corrected chi connectivity index (χ2v) is 1.71. The van der Waals surface area contributed by atoms with Crippen molar-refractivity contribution in [3.8, 4) is 0 Å². The summed E-state index contributed by atoms with van der Waals surface area (Å²) >= 11 is 0. The van der Waals surface area contributed by atoms with E-state index in [2.05, 4.69) is 4.42 Å². The number of aldehydes is 2. The molecule has 0 amide bonds. The number of hydrogen-bond acceptors (Lipinski definition) is 3. The zero-order chi connectivity index (χ0) is 8.53. The van der Waals surface area contributed by atoms with E-state index in [1.807, 2.05) is 6.92 Å². The van der Waals surface area contributed by atoms with Crippen molar-refractivity contribution in [3.05, 3.63) is 24.2 Å². The molecule has 0 radical (unpaired) electrons. The molecule has 0 aliphatic carbocycles. The number of hydrogen-bond donors (Lipinski definition) is 0. The lowest BCUT2D eigenvalue weighted by molar-refractivity contribution is -0.107. The van der Waals surface area contributed by atoms with Crippen LogP contribution in [-0.2, 0) is 4.79 Å². The monoisotopic (exact) mass is 154 g/mol. The molecule has 0 aromatic carbocycles. The van der Waals surface area contributed by atoms with Crippen LogP contribution in [-0.4, -0.2) is 12.6 Å². The van der Waals surface area contributed by atoms with Crippen LogP contribution in [0.25, 0.3) is 0 Å². The summed E-state index contributed by atoms with van der Waals surface area (Å²) < 4.78 is 4.61. The van der Waals surface area contributed by atoms with Gasteiger partial charge in [-0.2, -0.15) is 0 Å². The van der Waals surface area contributed by atoms with Gasteiger partial charge in [0.1, 0.15) is 6.29 Å². The van der Waals surface area contributed by atoms with Crippen molar-refractivity contribution >= 4 is 12.6 Å². The molecule has 3 nitrogen and oxygen atoms in total. The maximum Gasteiger partial charge on any atom is 0.185 e. The Balaban J connectivity index is 0.000000218. The van der Waals surface area contributed by atoms with Gasteiger partial charge in [0.2, 0.25) is 0 Å². The first-order valence-electron chi connectivity index (χ1n) is 3.27. The molecule has 0 saturated heterocycles. The molecule has 0 unspecified atom stereocenters. The molecule has 0 fully saturated rings. The Morgan fingerprint density at radius 1 is 1.55 bits per heavy atom. The third-order valence-corrected chi connectivity index (χ3v) is 0.826. The van der Waals surface area contributed by atoms with Gasteiger partial charge < -0.3 is 9.21 Å². The van der Waals surface area contributed by atoms with Crippen molar-refractivity contribution in [2.75, 3.05) is 0 Å². The van der Waals surface area contributed by atoms with Gasteiger partial charge in [-0.05, 0) is 12.1 Å². The fraction of sp³-hybridized carbons (Fsp3) is 0.250. The molecular formula is C8H10O3. The van der Waals surface area contributed by atoms with Crippen molar-refractivity contribution in [3.63, 3.8) is 0 Å². The molecular weight excluding hydrogens is 144 g/mol. The normalized spacial score (nSPS) is 7.73. The van der Waals surface area contributed by atoms with E-state index in [-0.39, 0.29) is 0 Å². The summed E-state index contributed by atoms with van der Waals surface area (Å²) in [5.41, 5.74) is 0. The third-order valence-electron chi connectivity index (χ3n) is 0.826. The predicted octanol–water partition coefficient (Wildman–Crippen LogP) is 1.69. The second-order valence-electron chi connectivity index (χ2n) is 1.71. The van der Waals surface area contributed by atoms with Gasteiger partial charge in [-0.3, -0.25) is 4.79 Å². The number of furan rings is 1. The van der Waals surface area contributed by atoms with E-state index in [0.717, 1.165) is 6.29 Å². The summed E-state index contributed by atoms with van der Waals surface area (Å²) in [5, 5.41) is 0. The maximum atomic E-state index is 9.77. The molecule has 1 rings (SSSR count). The number of carbonyl (C=O) groups is 2. The highest BCUT2D eigenvalue weighted by atomic mass is 16.3. The van der Waals surface area contributed by atoms with Gasteiger partial charge in [0, 0.05) is 6.42 Å². The molecule has 3 heteroatoms. The Hall–Kier alpha value is -1.38. The largest absolute Gasteiger partial charge is 0.462 e. The Labute approximate surface area is 65.0 Å². The molecule has 60 valence electrons. The van der Waals surface area contributed by atoms with Gasteiger partial charge in [-0.1, -0.05) is 6.92 Å². The van der Waals surface area contributed by atoms with Crippen LogP contribution in [0.2, 0.25) is 0 Å². The van der Waals surface area contributed by atoms with E-state index in [0.29, 0.717) is 18.5 Å². The van der Waals surface area contributed by atoms with Gasteiger partial charge in [-0.25, -0.2) is 0 Å². The molecule has 1 aromatic rings. The fourth-order valence-electron chi connectivity index (χ4n) is 0.358. The molecule has 1 aromatic heterocycles. The zero-order valence-electron chi connectivity index (χ0n) is 6.32. The molecule has 1 heterocycles. The van der Waals surface area contributed by atoms with Gasteiger partial charge in [0.25, 0.3) is 0 Å². The minimum absolute atomic E-state index is 0.375. The van der Waals surface area contributed by atoms with Crippen LogP contribution >= 0.6 is 0 Å². The van der Waals surface area contributed by atoms with E-state index >= 15 is 0 Å². The van der Waals surface area contributed by atoms with Crippen LogP contribution in [0.3, 0.4) is 0 Å². The highest BCUT2D eigenvalue weighted by Crippen LogP contribution is 1.92. The highest BCUT2D eigenvalue weighted by Gasteiger charge is 1.84. The van der Waals surface area contributed by atoms with Crippen LogP contribution in [0, 0.1) is 0 Å². The Kier molecular flexibility index (Phi) is 5.89. The summed E-state index contributed by atoms with van der Waals surface area (Å²) in [6.07, 6.45) is 3.64. The lowest BCUT2D eigenvalue weighted by atomic mass is 10.5. The SMILES string of the molecule is CCC=O.O=Cc1ccco1. The Morgan fingerprint density at radius 3 is 2.36 bits per heavy atom. The zero-order valence-corrected chi connectivity index (χ0v) is 6.32. The number of carbonyl (C=O) groups excluding carboxylic acids is 2. The topological polar surface area (TPSA) is 47.3 Å². The molecule has 0 atom stereocenters. The first-order valence-corrected chi connectivity index (χ1v) is 3.27. The van der Waals surface area contributed by atoms with Crippen molar-refractivity contribution in [1.29, 1.82) is 0 Å². The minimum Gasteiger partial charge on any atom is -0.462 e. The fourth-order valence-corrected chi connectivity index (χ4v) is 0.358. The molecule has 11 heavy (non-hydrogen) atoms. The summed E-state index contributed by atoms with van der Waals surface area (Å²) in [4.78, 5) is 18.9. The van der Waals surface area contributed by atoms with Crippen LogP contribution in [0.5, 0.6) is 0 Å². The molecule has 0 aliphatic rings. The smallest absolute Gasteiger partial charge is 0.185 e. The molecule has 0 spiro atoms. The lowest BCUT2D eigenvalue weighted by Gasteiger charge is -1.68. The van der Waals surface area contributed by atoms with Gasteiger partial charge in [0.15, 0.2) is 12.0 Å². The van der Waals surface area contributed by atoms with Crippen LogP contribution in [0.1, 0.15) is 23.9 Å².